The molecule has 0 amide bonds. The monoisotopic (exact) mass is 461 g/mol. The largest absolute Gasteiger partial charge is 0.464 e. The van der Waals surface area contributed by atoms with Crippen LogP contribution in [0.15, 0.2) is 30.3 Å². The van der Waals surface area contributed by atoms with E-state index in [0.717, 1.165) is 26.4 Å². The Morgan fingerprint density at radius 2 is 2.10 bits per heavy atom. The van der Waals surface area contributed by atoms with Gasteiger partial charge < -0.3 is 9.30 Å². The van der Waals surface area contributed by atoms with Crippen LogP contribution in [0.2, 0.25) is 0 Å². The van der Waals surface area contributed by atoms with E-state index in [1.807, 2.05) is 18.2 Å². The normalized spacial score (nSPS) is 10.4. The first-order chi connectivity index (χ1) is 10.1. The summed E-state index contributed by atoms with van der Waals surface area (Å²) in [6.07, 6.45) is 0.750. The smallest absolute Gasteiger partial charge is 0.354 e. The van der Waals surface area contributed by atoms with Gasteiger partial charge in [-0.1, -0.05) is 40.2 Å². The second kappa shape index (κ2) is 7.22. The van der Waals surface area contributed by atoms with Crippen molar-refractivity contribution in [1.82, 2.24) is 4.57 Å². The topological polar surface area (TPSA) is 48.3 Å². The van der Waals surface area contributed by atoms with Crippen molar-refractivity contribution < 1.29 is 14.3 Å². The molecule has 0 spiro atoms. The number of carbonyl (C=O) groups excluding carboxylic acids is 2. The highest BCUT2D eigenvalue weighted by atomic mass is 127. The molecule has 0 aliphatic carbocycles. The minimum absolute atomic E-state index is 0.383. The van der Waals surface area contributed by atoms with Gasteiger partial charge in [-0.15, -0.1) is 0 Å². The molecule has 21 heavy (non-hydrogen) atoms. The fourth-order valence-corrected chi connectivity index (χ4v) is 3.11. The van der Waals surface area contributed by atoms with Crippen LogP contribution in [0.3, 0.4) is 0 Å². The van der Waals surface area contributed by atoms with E-state index in [2.05, 4.69) is 44.6 Å². The molecule has 0 radical (unpaired) electrons. The van der Waals surface area contributed by atoms with Gasteiger partial charge in [-0.25, -0.2) is 4.79 Å². The van der Waals surface area contributed by atoms with Gasteiger partial charge in [0.2, 0.25) is 0 Å². The predicted molar refractivity (Wildman–Crippen MR) is 92.1 cm³/mol. The molecule has 1 aromatic carbocycles. The van der Waals surface area contributed by atoms with Gasteiger partial charge in [0.15, 0.2) is 6.29 Å². The zero-order valence-electron chi connectivity index (χ0n) is 11.3. The summed E-state index contributed by atoms with van der Waals surface area (Å²) in [7, 11) is 1.33. The lowest BCUT2D eigenvalue weighted by molar-refractivity contribution is 0.0588. The fraction of sp³-hybridized carbons (Fsp3) is 0.200. The van der Waals surface area contributed by atoms with Crippen molar-refractivity contribution in [3.05, 3.63) is 56.4 Å². The third-order valence-corrected chi connectivity index (χ3v) is 4.92. The van der Waals surface area contributed by atoms with Gasteiger partial charge in [-0.3, -0.25) is 4.79 Å². The predicted octanol–water partition coefficient (Wildman–Crippen LogP) is 3.64. The molecule has 1 heterocycles. The zero-order valence-corrected chi connectivity index (χ0v) is 15.0. The average molecular weight is 462 g/mol. The maximum Gasteiger partial charge on any atom is 0.354 e. The van der Waals surface area contributed by atoms with Crippen molar-refractivity contribution in [2.24, 2.45) is 0 Å². The van der Waals surface area contributed by atoms with Gasteiger partial charge in [0.05, 0.1) is 10.8 Å². The number of halogens is 2. The molecule has 2 aromatic rings. The summed E-state index contributed by atoms with van der Waals surface area (Å²) >= 11 is 5.50. The van der Waals surface area contributed by atoms with E-state index >= 15 is 0 Å². The summed E-state index contributed by atoms with van der Waals surface area (Å²) in [5.74, 6) is -0.447. The van der Waals surface area contributed by atoms with Crippen LogP contribution in [0, 0.1) is 3.70 Å². The number of aromatic nitrogens is 1. The van der Waals surface area contributed by atoms with Gasteiger partial charge in [0.1, 0.15) is 5.69 Å². The van der Waals surface area contributed by atoms with E-state index in [9.17, 15) is 9.59 Å². The highest BCUT2D eigenvalue weighted by Gasteiger charge is 2.19. The lowest BCUT2D eigenvalue weighted by atomic mass is 10.1. The molecule has 110 valence electrons. The number of benzene rings is 1. The number of alkyl halides is 1. The van der Waals surface area contributed by atoms with Crippen LogP contribution in [-0.4, -0.2) is 23.9 Å². The molecule has 0 bridgehead atoms. The van der Waals surface area contributed by atoms with E-state index < -0.39 is 5.97 Å². The van der Waals surface area contributed by atoms with Crippen molar-refractivity contribution in [2.75, 3.05) is 7.11 Å². The summed E-state index contributed by atoms with van der Waals surface area (Å²) in [5, 5.41) is 0.771. The van der Waals surface area contributed by atoms with Crippen molar-refractivity contribution >= 4 is 50.8 Å². The number of hydrogen-bond donors (Lipinski definition) is 0. The molecule has 2 rings (SSSR count). The van der Waals surface area contributed by atoms with Crippen molar-refractivity contribution in [1.29, 1.82) is 0 Å². The second-order valence-electron chi connectivity index (χ2n) is 4.42. The molecule has 0 aliphatic rings. The molecule has 6 heteroatoms. The van der Waals surface area contributed by atoms with Gasteiger partial charge in [-0.2, -0.15) is 0 Å². The van der Waals surface area contributed by atoms with Crippen molar-refractivity contribution in [2.45, 2.75) is 11.9 Å². The maximum atomic E-state index is 11.9. The summed E-state index contributed by atoms with van der Waals surface area (Å²) < 4.78 is 7.31. The first kappa shape index (κ1) is 16.2. The molecule has 0 fully saturated rings. The van der Waals surface area contributed by atoms with E-state index in [1.54, 1.807) is 10.6 Å². The molecule has 0 N–H and O–H groups in total. The third-order valence-electron chi connectivity index (χ3n) is 3.07. The number of esters is 1. The Hall–Kier alpha value is -1.15. The van der Waals surface area contributed by atoms with Crippen molar-refractivity contribution in [3.8, 4) is 0 Å². The summed E-state index contributed by atoms with van der Waals surface area (Å²) in [5.41, 5.74) is 3.09. The number of methoxy groups -OCH3 is 1. The Morgan fingerprint density at radius 1 is 1.38 bits per heavy atom. The SMILES string of the molecule is COC(=O)c1cc(C=O)c(I)n1Cc1cccc(CBr)c1. The second-order valence-corrected chi connectivity index (χ2v) is 6.01. The van der Waals surface area contributed by atoms with Crippen molar-refractivity contribution in [3.63, 3.8) is 0 Å². The molecule has 4 nitrogen and oxygen atoms in total. The van der Waals surface area contributed by atoms with E-state index in [0.29, 0.717) is 17.8 Å². The first-order valence-electron chi connectivity index (χ1n) is 6.17. The maximum absolute atomic E-state index is 11.9. The minimum Gasteiger partial charge on any atom is -0.464 e. The number of aldehydes is 1. The number of ether oxygens (including phenoxy) is 1. The quantitative estimate of drug-likeness (QED) is 0.295. The lowest BCUT2D eigenvalue weighted by Crippen LogP contribution is -2.12. The van der Waals surface area contributed by atoms with Crippen LogP contribution in [0.1, 0.15) is 32.0 Å². The molecule has 0 atom stereocenters. The Labute approximate surface area is 144 Å². The molecule has 0 aliphatic heterocycles. The van der Waals surface area contributed by atoms with E-state index in [1.165, 1.54) is 7.11 Å². The molecule has 0 unspecified atom stereocenters. The van der Waals surface area contributed by atoms with E-state index in [4.69, 9.17) is 4.74 Å². The van der Waals surface area contributed by atoms with E-state index in [-0.39, 0.29) is 0 Å². The summed E-state index contributed by atoms with van der Waals surface area (Å²) in [6, 6.07) is 9.61. The number of nitrogens with zero attached hydrogens (tertiary/aromatic N) is 1. The molecular weight excluding hydrogens is 449 g/mol. The molecule has 1 aromatic heterocycles. The molecular formula is C15H13BrINO3. The standard InChI is InChI=1S/C15H13BrINO3/c1-21-15(20)13-6-12(9-19)14(17)18(13)8-11-4-2-3-10(5-11)7-16/h2-6,9H,7-8H2,1H3. The van der Waals surface area contributed by atoms with Gasteiger partial charge in [-0.05, 0) is 39.8 Å². The molecule has 0 saturated carbocycles. The summed E-state index contributed by atoms with van der Waals surface area (Å²) in [6.45, 7) is 0.511. The van der Waals surface area contributed by atoms with Crippen LogP contribution in [0.5, 0.6) is 0 Å². The Balaban J connectivity index is 2.44. The highest BCUT2D eigenvalue weighted by molar-refractivity contribution is 14.1. The number of rotatable bonds is 5. The molecule has 0 saturated heterocycles. The van der Waals surface area contributed by atoms with Crippen LogP contribution in [0.25, 0.3) is 0 Å². The van der Waals surface area contributed by atoms with Gasteiger partial charge in [0, 0.05) is 17.4 Å². The Morgan fingerprint density at radius 3 is 2.71 bits per heavy atom. The van der Waals surface area contributed by atoms with Crippen LogP contribution >= 0.6 is 38.5 Å². The van der Waals surface area contributed by atoms with Gasteiger partial charge in [0.25, 0.3) is 0 Å². The van der Waals surface area contributed by atoms with Crippen LogP contribution in [0.4, 0.5) is 0 Å². The minimum atomic E-state index is -0.447. The highest BCUT2D eigenvalue weighted by Crippen LogP contribution is 2.20. The third kappa shape index (κ3) is 3.55. The van der Waals surface area contributed by atoms with Crippen LogP contribution in [-0.2, 0) is 16.6 Å². The first-order valence-corrected chi connectivity index (χ1v) is 8.37. The Kier molecular flexibility index (Phi) is 5.58. The number of carbonyl (C=O) groups is 2. The number of hydrogen-bond acceptors (Lipinski definition) is 3. The Bertz CT molecular complexity index is 682. The zero-order chi connectivity index (χ0) is 15.4. The fourth-order valence-electron chi connectivity index (χ4n) is 2.05. The van der Waals surface area contributed by atoms with Crippen LogP contribution < -0.4 is 0 Å². The van der Waals surface area contributed by atoms with Gasteiger partial charge >= 0.3 is 5.97 Å². The lowest BCUT2D eigenvalue weighted by Gasteiger charge is -2.10. The average Bonchev–Trinajstić information content (AvgIpc) is 2.83. The summed E-state index contributed by atoms with van der Waals surface area (Å²) in [4.78, 5) is 22.9.